The molecule has 1 aliphatic rings. The van der Waals surface area contributed by atoms with E-state index in [1.165, 1.54) is 0 Å². The predicted octanol–water partition coefficient (Wildman–Crippen LogP) is 4.54. The number of aryl methyl sites for hydroxylation is 1. The molecule has 3 heterocycles. The highest BCUT2D eigenvalue weighted by atomic mass is 16.5. The largest absolute Gasteiger partial charge is 0.497 e. The first-order valence-electron chi connectivity index (χ1n) is 10.7. The van der Waals surface area contributed by atoms with E-state index in [2.05, 4.69) is 15.2 Å². The van der Waals surface area contributed by atoms with E-state index in [4.69, 9.17) is 9.47 Å². The molecular formula is C26H24N4O3. The zero-order valence-corrected chi connectivity index (χ0v) is 18.7. The number of nitrogens with one attached hydrogen (secondary N) is 1. The molecule has 1 unspecified atom stereocenters. The molecule has 7 nitrogen and oxygen atoms in total. The molecule has 2 aromatic heterocycles. The third-order valence-corrected chi connectivity index (χ3v) is 6.03. The molecular weight excluding hydrogens is 416 g/mol. The number of ether oxygens (including phenoxy) is 2. The molecule has 0 spiro atoms. The monoisotopic (exact) mass is 440 g/mol. The van der Waals surface area contributed by atoms with E-state index in [-0.39, 0.29) is 11.9 Å². The zero-order valence-electron chi connectivity index (χ0n) is 18.7. The van der Waals surface area contributed by atoms with Gasteiger partial charge >= 0.3 is 0 Å². The van der Waals surface area contributed by atoms with Gasteiger partial charge in [-0.3, -0.25) is 14.9 Å². The van der Waals surface area contributed by atoms with Gasteiger partial charge in [-0.25, -0.2) is 0 Å². The number of carbonyl (C=O) groups is 1. The van der Waals surface area contributed by atoms with Gasteiger partial charge in [-0.15, -0.1) is 0 Å². The summed E-state index contributed by atoms with van der Waals surface area (Å²) in [7, 11) is 3.24. The Morgan fingerprint density at radius 2 is 1.76 bits per heavy atom. The van der Waals surface area contributed by atoms with E-state index in [1.54, 1.807) is 26.6 Å². The van der Waals surface area contributed by atoms with E-state index in [0.29, 0.717) is 23.7 Å². The van der Waals surface area contributed by atoms with Gasteiger partial charge in [0.1, 0.15) is 17.2 Å². The molecule has 7 heteroatoms. The Bertz CT molecular complexity index is 1300. The lowest BCUT2D eigenvalue weighted by Gasteiger charge is -2.28. The molecule has 2 aromatic carbocycles. The summed E-state index contributed by atoms with van der Waals surface area (Å²) < 4.78 is 11.1. The average Bonchev–Trinajstić information content (AvgIpc) is 3.39. The molecule has 4 aromatic rings. The molecule has 166 valence electrons. The molecule has 0 saturated carbocycles. The van der Waals surface area contributed by atoms with Crippen molar-refractivity contribution in [3.63, 3.8) is 0 Å². The standard InChI is InChI=1S/C26H24N4O3/c1-16-4-6-18(7-5-16)23-22-24(29-28-23)26(31)30(15-17-10-12-27-13-11-17)25(22)20-9-8-19(32-2)14-21(20)33-3/h4-14,25H,15H2,1-3H3,(H,28,29). The Labute approximate surface area is 192 Å². The molecule has 1 atom stereocenters. The fourth-order valence-electron chi connectivity index (χ4n) is 4.34. The van der Waals surface area contributed by atoms with Gasteiger partial charge in [0.05, 0.1) is 26.0 Å². The summed E-state index contributed by atoms with van der Waals surface area (Å²) in [6, 6.07) is 17.3. The van der Waals surface area contributed by atoms with E-state index < -0.39 is 0 Å². The molecule has 1 amide bonds. The van der Waals surface area contributed by atoms with Crippen molar-refractivity contribution in [2.75, 3.05) is 14.2 Å². The number of benzene rings is 2. The van der Waals surface area contributed by atoms with Crippen LogP contribution in [-0.2, 0) is 6.54 Å². The van der Waals surface area contributed by atoms with Gasteiger partial charge in [0, 0.05) is 41.7 Å². The number of amides is 1. The molecule has 5 rings (SSSR count). The van der Waals surface area contributed by atoms with Gasteiger partial charge in [-0.2, -0.15) is 5.10 Å². The number of pyridine rings is 1. The van der Waals surface area contributed by atoms with Crippen molar-refractivity contribution >= 4 is 5.91 Å². The minimum absolute atomic E-state index is 0.101. The lowest BCUT2D eigenvalue weighted by atomic mass is 9.94. The molecule has 0 radical (unpaired) electrons. The fraction of sp³-hybridized carbons (Fsp3) is 0.192. The number of H-pyrrole nitrogens is 1. The quantitative estimate of drug-likeness (QED) is 0.476. The van der Waals surface area contributed by atoms with Crippen molar-refractivity contribution in [1.29, 1.82) is 0 Å². The highest BCUT2D eigenvalue weighted by molar-refractivity contribution is 6.00. The number of rotatable bonds is 6. The van der Waals surface area contributed by atoms with Crippen LogP contribution in [0.2, 0.25) is 0 Å². The van der Waals surface area contributed by atoms with Gasteiger partial charge in [0.2, 0.25) is 0 Å². The Kier molecular flexibility index (Phi) is 5.30. The van der Waals surface area contributed by atoms with E-state index in [0.717, 1.165) is 33.5 Å². The maximum Gasteiger partial charge on any atom is 0.273 e. The lowest BCUT2D eigenvalue weighted by Crippen LogP contribution is -2.29. The van der Waals surface area contributed by atoms with Crippen LogP contribution in [0.25, 0.3) is 11.3 Å². The summed E-state index contributed by atoms with van der Waals surface area (Å²) in [6.45, 7) is 2.47. The predicted molar refractivity (Wildman–Crippen MR) is 124 cm³/mol. The van der Waals surface area contributed by atoms with Crippen molar-refractivity contribution in [3.8, 4) is 22.8 Å². The van der Waals surface area contributed by atoms with Gasteiger partial charge in [0.25, 0.3) is 5.91 Å². The summed E-state index contributed by atoms with van der Waals surface area (Å²) in [6.07, 6.45) is 3.47. The van der Waals surface area contributed by atoms with Gasteiger partial charge < -0.3 is 14.4 Å². The van der Waals surface area contributed by atoms with Crippen LogP contribution in [0.3, 0.4) is 0 Å². The van der Waals surface area contributed by atoms with Gasteiger partial charge in [-0.1, -0.05) is 29.8 Å². The lowest BCUT2D eigenvalue weighted by molar-refractivity contribution is 0.0728. The Morgan fingerprint density at radius 1 is 1.00 bits per heavy atom. The number of carbonyl (C=O) groups excluding carboxylic acids is 1. The van der Waals surface area contributed by atoms with E-state index in [1.807, 2.05) is 66.4 Å². The van der Waals surface area contributed by atoms with Gasteiger partial charge in [0.15, 0.2) is 0 Å². The van der Waals surface area contributed by atoms with Crippen molar-refractivity contribution in [2.24, 2.45) is 0 Å². The Morgan fingerprint density at radius 3 is 2.45 bits per heavy atom. The van der Waals surface area contributed by atoms with Crippen LogP contribution < -0.4 is 9.47 Å². The van der Waals surface area contributed by atoms with Gasteiger partial charge in [-0.05, 0) is 36.8 Å². The number of methoxy groups -OCH3 is 2. The first kappa shape index (κ1) is 20.8. The fourth-order valence-corrected chi connectivity index (χ4v) is 4.34. The van der Waals surface area contributed by atoms with Crippen LogP contribution in [-0.4, -0.2) is 40.2 Å². The molecule has 0 aliphatic carbocycles. The molecule has 0 bridgehead atoms. The number of hydrogen-bond acceptors (Lipinski definition) is 5. The second kappa shape index (κ2) is 8.43. The number of aromatic nitrogens is 3. The first-order chi connectivity index (χ1) is 16.1. The number of aromatic amines is 1. The van der Waals surface area contributed by atoms with Crippen molar-refractivity contribution in [1.82, 2.24) is 20.1 Å². The summed E-state index contributed by atoms with van der Waals surface area (Å²) in [5.41, 5.74) is 6.09. The van der Waals surface area contributed by atoms with Crippen LogP contribution in [0.5, 0.6) is 11.5 Å². The van der Waals surface area contributed by atoms with E-state index in [9.17, 15) is 4.79 Å². The second-order valence-corrected chi connectivity index (χ2v) is 8.03. The van der Waals surface area contributed by atoms with Crippen molar-refractivity contribution in [2.45, 2.75) is 19.5 Å². The maximum absolute atomic E-state index is 13.6. The molecule has 1 N–H and O–H groups in total. The summed E-state index contributed by atoms with van der Waals surface area (Å²) in [5, 5.41) is 7.55. The summed E-state index contributed by atoms with van der Waals surface area (Å²) >= 11 is 0. The topological polar surface area (TPSA) is 80.3 Å². The minimum atomic E-state index is -0.378. The second-order valence-electron chi connectivity index (χ2n) is 8.03. The van der Waals surface area contributed by atoms with Crippen molar-refractivity contribution < 1.29 is 14.3 Å². The van der Waals surface area contributed by atoms with Crippen LogP contribution in [0, 0.1) is 6.92 Å². The van der Waals surface area contributed by atoms with Crippen LogP contribution in [0.15, 0.2) is 67.0 Å². The molecule has 0 saturated heterocycles. The zero-order chi connectivity index (χ0) is 22.9. The van der Waals surface area contributed by atoms with Crippen LogP contribution >= 0.6 is 0 Å². The molecule has 0 fully saturated rings. The van der Waals surface area contributed by atoms with E-state index >= 15 is 0 Å². The Balaban J connectivity index is 1.68. The minimum Gasteiger partial charge on any atom is -0.497 e. The summed E-state index contributed by atoms with van der Waals surface area (Å²) in [4.78, 5) is 19.5. The molecule has 1 aliphatic heterocycles. The third-order valence-electron chi connectivity index (χ3n) is 6.03. The third kappa shape index (κ3) is 3.61. The Hall–Kier alpha value is -4.13. The molecule has 33 heavy (non-hydrogen) atoms. The summed E-state index contributed by atoms with van der Waals surface area (Å²) in [5.74, 6) is 1.23. The average molecular weight is 441 g/mol. The highest BCUT2D eigenvalue weighted by Crippen LogP contribution is 2.46. The first-order valence-corrected chi connectivity index (χ1v) is 10.7. The van der Waals surface area contributed by atoms with Crippen LogP contribution in [0.4, 0.5) is 0 Å². The highest BCUT2D eigenvalue weighted by Gasteiger charge is 2.43. The van der Waals surface area contributed by atoms with Crippen molar-refractivity contribution in [3.05, 3.63) is 94.9 Å². The van der Waals surface area contributed by atoms with Crippen LogP contribution in [0.1, 0.15) is 38.8 Å². The number of nitrogens with zero attached hydrogens (tertiary/aromatic N) is 3. The number of hydrogen-bond donors (Lipinski definition) is 1. The normalized spacial score (nSPS) is 14.9. The SMILES string of the molecule is COc1ccc(C2c3c(-c4ccc(C)cc4)n[nH]c3C(=O)N2Cc2ccncc2)c(OC)c1. The number of fused-ring (bicyclic) bond motifs is 1. The smallest absolute Gasteiger partial charge is 0.273 e. The maximum atomic E-state index is 13.6.